The molecule has 1 heterocycles. The Labute approximate surface area is 151 Å². The maximum Gasteiger partial charge on any atom is 0.337 e. The lowest BCUT2D eigenvalue weighted by molar-refractivity contribution is -0.155. The maximum atomic E-state index is 12.2. The van der Waals surface area contributed by atoms with E-state index in [0.29, 0.717) is 29.3 Å². The first-order chi connectivity index (χ1) is 12.0. The van der Waals surface area contributed by atoms with Crippen LogP contribution in [0.3, 0.4) is 0 Å². The number of carboxylic acids is 1. The highest BCUT2D eigenvalue weighted by molar-refractivity contribution is 5.95. The number of aliphatic carboxylic acids is 1. The monoisotopic (exact) mass is 361 g/mol. The predicted octanol–water partition coefficient (Wildman–Crippen LogP) is 1.89. The Morgan fingerprint density at radius 1 is 1.23 bits per heavy atom. The quantitative estimate of drug-likeness (QED) is 0.717. The molecule has 0 spiro atoms. The second kappa shape index (κ2) is 7.25. The Morgan fingerprint density at radius 3 is 2.54 bits per heavy atom. The molecule has 2 aromatic rings. The van der Waals surface area contributed by atoms with Crippen LogP contribution in [0.25, 0.3) is 11.4 Å². The molecule has 8 nitrogen and oxygen atoms in total. The second-order valence-corrected chi connectivity index (χ2v) is 7.59. The molecule has 140 valence electrons. The fourth-order valence-corrected chi connectivity index (χ4v) is 2.13. The summed E-state index contributed by atoms with van der Waals surface area (Å²) < 4.78 is 5.25. The smallest absolute Gasteiger partial charge is 0.337 e. The zero-order valence-corrected chi connectivity index (χ0v) is 15.2. The van der Waals surface area contributed by atoms with Crippen molar-refractivity contribution in [3.05, 3.63) is 35.7 Å². The number of aromatic nitrogens is 2. The first kappa shape index (κ1) is 19.6. The lowest BCUT2D eigenvalue weighted by Crippen LogP contribution is -2.46. The summed E-state index contributed by atoms with van der Waals surface area (Å²) in [5.74, 6) is -1.03. The van der Waals surface area contributed by atoms with Gasteiger partial charge in [0.15, 0.2) is 5.60 Å². The summed E-state index contributed by atoms with van der Waals surface area (Å²) in [5, 5.41) is 24.9. The minimum Gasteiger partial charge on any atom is -0.479 e. The number of amides is 1. The molecule has 0 aliphatic heterocycles. The first-order valence-electron chi connectivity index (χ1n) is 8.15. The van der Waals surface area contributed by atoms with Crippen molar-refractivity contribution < 1.29 is 24.3 Å². The third-order valence-electron chi connectivity index (χ3n) is 3.59. The van der Waals surface area contributed by atoms with Gasteiger partial charge in [-0.3, -0.25) is 4.79 Å². The van der Waals surface area contributed by atoms with Crippen LogP contribution in [0, 0.1) is 5.41 Å². The van der Waals surface area contributed by atoms with Crippen molar-refractivity contribution >= 4 is 11.9 Å². The van der Waals surface area contributed by atoms with Gasteiger partial charge in [-0.15, -0.1) is 0 Å². The SMILES string of the molecule is CC(C)(C)Cc1nc(-c2cccc(C(=O)NCC(C)(O)C(=O)O)c2)no1. The Morgan fingerprint density at radius 2 is 1.92 bits per heavy atom. The van der Waals surface area contributed by atoms with Crippen molar-refractivity contribution in [1.29, 1.82) is 0 Å². The average Bonchev–Trinajstić information content (AvgIpc) is 2.99. The number of carbonyl (C=O) groups excluding carboxylic acids is 1. The van der Waals surface area contributed by atoms with Gasteiger partial charge in [0.1, 0.15) is 0 Å². The minimum absolute atomic E-state index is 0.00657. The van der Waals surface area contributed by atoms with E-state index >= 15 is 0 Å². The summed E-state index contributed by atoms with van der Waals surface area (Å²) in [6.07, 6.45) is 0.629. The summed E-state index contributed by atoms with van der Waals surface area (Å²) in [7, 11) is 0. The van der Waals surface area contributed by atoms with Gasteiger partial charge in [-0.2, -0.15) is 4.98 Å². The summed E-state index contributed by atoms with van der Waals surface area (Å²) in [5.41, 5.74) is -1.13. The fourth-order valence-electron chi connectivity index (χ4n) is 2.13. The zero-order valence-electron chi connectivity index (χ0n) is 15.2. The number of hydrogen-bond acceptors (Lipinski definition) is 6. The Hall–Kier alpha value is -2.74. The average molecular weight is 361 g/mol. The van der Waals surface area contributed by atoms with E-state index in [9.17, 15) is 14.7 Å². The summed E-state index contributed by atoms with van der Waals surface area (Å²) in [6, 6.07) is 6.57. The van der Waals surface area contributed by atoms with Crippen molar-refractivity contribution in [2.45, 2.75) is 39.7 Å². The van der Waals surface area contributed by atoms with E-state index in [-0.39, 0.29) is 5.41 Å². The lowest BCUT2D eigenvalue weighted by atomic mass is 9.92. The van der Waals surface area contributed by atoms with Gasteiger partial charge in [0.2, 0.25) is 11.7 Å². The molecule has 1 aromatic heterocycles. The standard InChI is InChI=1S/C18H23N3O5/c1-17(2,3)9-13-20-14(21-26-13)11-6-5-7-12(8-11)15(22)19-10-18(4,25)16(23)24/h5-8,25H,9-10H2,1-4H3,(H,19,22)(H,23,24). The van der Waals surface area contributed by atoms with Crippen molar-refractivity contribution in [3.8, 4) is 11.4 Å². The van der Waals surface area contributed by atoms with Gasteiger partial charge in [-0.1, -0.05) is 38.1 Å². The van der Waals surface area contributed by atoms with Crippen LogP contribution in [0.4, 0.5) is 0 Å². The fraction of sp³-hybridized carbons (Fsp3) is 0.444. The predicted molar refractivity (Wildman–Crippen MR) is 93.5 cm³/mol. The topological polar surface area (TPSA) is 126 Å². The van der Waals surface area contributed by atoms with Crippen molar-refractivity contribution in [1.82, 2.24) is 15.5 Å². The van der Waals surface area contributed by atoms with E-state index in [4.69, 9.17) is 9.63 Å². The van der Waals surface area contributed by atoms with E-state index in [1.54, 1.807) is 24.3 Å². The van der Waals surface area contributed by atoms with Crippen LogP contribution < -0.4 is 5.32 Å². The molecule has 0 saturated heterocycles. The molecular weight excluding hydrogens is 338 g/mol. The van der Waals surface area contributed by atoms with Gasteiger partial charge < -0.3 is 20.1 Å². The molecule has 3 N–H and O–H groups in total. The van der Waals surface area contributed by atoms with Crippen LogP contribution in [-0.2, 0) is 11.2 Å². The molecule has 0 saturated carbocycles. The van der Waals surface area contributed by atoms with Gasteiger partial charge in [0, 0.05) is 17.5 Å². The summed E-state index contributed by atoms with van der Waals surface area (Å²) in [6.45, 7) is 6.89. The normalized spacial score (nSPS) is 13.9. The van der Waals surface area contributed by atoms with E-state index in [0.717, 1.165) is 6.92 Å². The molecule has 0 aliphatic carbocycles. The van der Waals surface area contributed by atoms with Crippen LogP contribution in [0.2, 0.25) is 0 Å². The van der Waals surface area contributed by atoms with E-state index in [1.165, 1.54) is 0 Å². The van der Waals surface area contributed by atoms with Gasteiger partial charge in [0.05, 0.1) is 6.54 Å². The Balaban J connectivity index is 2.13. The molecule has 1 amide bonds. The minimum atomic E-state index is -2.04. The number of aliphatic hydroxyl groups is 1. The molecule has 0 radical (unpaired) electrons. The Bertz CT molecular complexity index is 805. The summed E-state index contributed by atoms with van der Waals surface area (Å²) >= 11 is 0. The van der Waals surface area contributed by atoms with E-state index < -0.39 is 24.0 Å². The van der Waals surface area contributed by atoms with Crippen molar-refractivity contribution in [3.63, 3.8) is 0 Å². The number of carbonyl (C=O) groups is 2. The van der Waals surface area contributed by atoms with Gasteiger partial charge >= 0.3 is 5.97 Å². The molecule has 8 heteroatoms. The molecule has 2 rings (SSSR count). The second-order valence-electron chi connectivity index (χ2n) is 7.59. The van der Waals surface area contributed by atoms with Gasteiger partial charge in [-0.05, 0) is 24.5 Å². The van der Waals surface area contributed by atoms with E-state index in [1.807, 2.05) is 0 Å². The van der Waals surface area contributed by atoms with Crippen LogP contribution in [0.5, 0.6) is 0 Å². The van der Waals surface area contributed by atoms with Crippen LogP contribution in [0.15, 0.2) is 28.8 Å². The molecular formula is C18H23N3O5. The number of nitrogens with one attached hydrogen (secondary N) is 1. The highest BCUT2D eigenvalue weighted by Gasteiger charge is 2.30. The maximum absolute atomic E-state index is 12.2. The molecule has 1 atom stereocenters. The largest absolute Gasteiger partial charge is 0.479 e. The van der Waals surface area contributed by atoms with Gasteiger partial charge in [-0.25, -0.2) is 4.79 Å². The third-order valence-corrected chi connectivity index (χ3v) is 3.59. The summed E-state index contributed by atoms with van der Waals surface area (Å²) in [4.78, 5) is 27.4. The number of rotatable bonds is 6. The molecule has 0 bridgehead atoms. The highest BCUT2D eigenvalue weighted by atomic mass is 16.5. The molecule has 1 aromatic carbocycles. The highest BCUT2D eigenvalue weighted by Crippen LogP contribution is 2.22. The lowest BCUT2D eigenvalue weighted by Gasteiger charge is -2.18. The molecule has 0 fully saturated rings. The van der Waals surface area contributed by atoms with Gasteiger partial charge in [0.25, 0.3) is 5.91 Å². The molecule has 1 unspecified atom stereocenters. The molecule has 26 heavy (non-hydrogen) atoms. The molecule has 0 aliphatic rings. The van der Waals surface area contributed by atoms with Crippen molar-refractivity contribution in [2.75, 3.05) is 6.54 Å². The first-order valence-corrected chi connectivity index (χ1v) is 8.15. The van der Waals surface area contributed by atoms with Crippen LogP contribution in [-0.4, -0.2) is 44.4 Å². The van der Waals surface area contributed by atoms with Crippen LogP contribution >= 0.6 is 0 Å². The number of carboxylic acid groups (broad SMARTS) is 1. The van der Waals surface area contributed by atoms with Crippen LogP contribution in [0.1, 0.15) is 43.9 Å². The third kappa shape index (κ3) is 5.13. The number of nitrogens with zero attached hydrogens (tertiary/aromatic N) is 2. The Kier molecular flexibility index (Phi) is 5.46. The number of benzene rings is 1. The van der Waals surface area contributed by atoms with E-state index in [2.05, 4.69) is 36.2 Å². The number of hydrogen-bond donors (Lipinski definition) is 3. The van der Waals surface area contributed by atoms with Crippen molar-refractivity contribution in [2.24, 2.45) is 5.41 Å². The zero-order chi connectivity index (χ0) is 19.5.